The topological polar surface area (TPSA) is 29.5 Å². The van der Waals surface area contributed by atoms with E-state index in [0.717, 1.165) is 19.4 Å². The van der Waals surface area contributed by atoms with Crippen LogP contribution < -0.4 is 0 Å². The molecule has 0 amide bonds. The minimum atomic E-state index is -0.171. The van der Waals surface area contributed by atoms with Crippen molar-refractivity contribution < 1.29 is 9.84 Å². The lowest BCUT2D eigenvalue weighted by atomic mass is 10.2. The van der Waals surface area contributed by atoms with Crippen LogP contribution >= 0.6 is 11.8 Å². The molecule has 3 heteroatoms. The van der Waals surface area contributed by atoms with E-state index in [4.69, 9.17) is 4.74 Å². The number of rotatable bonds is 4. The monoisotopic (exact) mass is 224 g/mol. The minimum Gasteiger partial charge on any atom is -0.382 e. The maximum absolute atomic E-state index is 9.32. The molecule has 0 aliphatic carbocycles. The Hall–Kier alpha value is -0.510. The number of aliphatic hydroxyl groups is 1. The van der Waals surface area contributed by atoms with Gasteiger partial charge in [0, 0.05) is 5.25 Å². The zero-order valence-electron chi connectivity index (χ0n) is 8.63. The Morgan fingerprint density at radius 2 is 2.07 bits per heavy atom. The molecule has 1 aliphatic rings. The van der Waals surface area contributed by atoms with Crippen molar-refractivity contribution in [1.29, 1.82) is 0 Å². The predicted octanol–water partition coefficient (Wildman–Crippen LogP) is 2.42. The van der Waals surface area contributed by atoms with Crippen LogP contribution in [0.3, 0.4) is 0 Å². The molecule has 2 atom stereocenters. The highest BCUT2D eigenvalue weighted by atomic mass is 32.2. The first-order chi connectivity index (χ1) is 7.34. The fraction of sp³-hybridized carbons (Fsp3) is 0.500. The van der Waals surface area contributed by atoms with E-state index in [1.807, 2.05) is 18.2 Å². The molecule has 0 aromatic heterocycles. The summed E-state index contributed by atoms with van der Waals surface area (Å²) >= 11 is 1.63. The van der Waals surface area contributed by atoms with E-state index in [1.165, 1.54) is 5.56 Å². The first-order valence-electron chi connectivity index (χ1n) is 5.30. The summed E-state index contributed by atoms with van der Waals surface area (Å²) in [7, 11) is 0. The summed E-state index contributed by atoms with van der Waals surface area (Å²) in [4.78, 5) is 0. The average Bonchev–Trinajstić information content (AvgIpc) is 2.66. The third-order valence-corrected chi connectivity index (χ3v) is 3.81. The van der Waals surface area contributed by atoms with Crippen LogP contribution in [0, 0.1) is 0 Å². The van der Waals surface area contributed by atoms with Gasteiger partial charge in [-0.05, 0) is 18.4 Å². The maximum atomic E-state index is 9.32. The van der Waals surface area contributed by atoms with Gasteiger partial charge in [0.05, 0.1) is 18.6 Å². The second-order valence-electron chi connectivity index (χ2n) is 3.79. The summed E-state index contributed by atoms with van der Waals surface area (Å²) in [6.07, 6.45) is 1.98. The zero-order valence-corrected chi connectivity index (χ0v) is 9.45. The van der Waals surface area contributed by atoms with Gasteiger partial charge in [0.1, 0.15) is 0 Å². The van der Waals surface area contributed by atoms with Crippen LogP contribution in [-0.4, -0.2) is 22.4 Å². The van der Waals surface area contributed by atoms with Crippen LogP contribution in [0.15, 0.2) is 30.3 Å². The largest absolute Gasteiger partial charge is 0.382 e. The van der Waals surface area contributed by atoms with Crippen molar-refractivity contribution >= 4 is 11.8 Å². The molecular weight excluding hydrogens is 208 g/mol. The molecule has 0 radical (unpaired) electrons. The molecule has 15 heavy (non-hydrogen) atoms. The number of ether oxygens (including phenoxy) is 1. The van der Waals surface area contributed by atoms with Gasteiger partial charge in [-0.2, -0.15) is 0 Å². The highest BCUT2D eigenvalue weighted by molar-refractivity contribution is 8.00. The number of hydrogen-bond acceptors (Lipinski definition) is 3. The van der Waals surface area contributed by atoms with Gasteiger partial charge < -0.3 is 9.84 Å². The number of hydrogen-bond donors (Lipinski definition) is 1. The summed E-state index contributed by atoms with van der Waals surface area (Å²) in [6, 6.07) is 10.2. The lowest BCUT2D eigenvalue weighted by Gasteiger charge is -2.09. The molecule has 1 aromatic carbocycles. The zero-order chi connectivity index (χ0) is 10.5. The van der Waals surface area contributed by atoms with Gasteiger partial charge in [-0.3, -0.25) is 0 Å². The normalized spacial score (nSPS) is 25.7. The molecule has 1 aromatic rings. The van der Waals surface area contributed by atoms with Crippen LogP contribution in [-0.2, 0) is 11.3 Å². The molecule has 1 N–H and O–H groups in total. The van der Waals surface area contributed by atoms with E-state index in [2.05, 4.69) is 12.1 Å². The molecule has 1 saturated heterocycles. The molecule has 2 rings (SSSR count). The Kier molecular flexibility index (Phi) is 4.06. The minimum absolute atomic E-state index is 0.171. The average molecular weight is 224 g/mol. The van der Waals surface area contributed by atoms with Gasteiger partial charge in [0.25, 0.3) is 0 Å². The van der Waals surface area contributed by atoms with Gasteiger partial charge in [0.2, 0.25) is 0 Å². The van der Waals surface area contributed by atoms with Gasteiger partial charge >= 0.3 is 0 Å². The Morgan fingerprint density at radius 3 is 2.73 bits per heavy atom. The molecule has 0 saturated carbocycles. The maximum Gasteiger partial charge on any atom is 0.0996 e. The summed E-state index contributed by atoms with van der Waals surface area (Å²) < 4.78 is 5.62. The van der Waals surface area contributed by atoms with Crippen molar-refractivity contribution in [2.45, 2.75) is 30.1 Å². The third kappa shape index (κ3) is 3.52. The fourth-order valence-electron chi connectivity index (χ4n) is 1.69. The summed E-state index contributed by atoms with van der Waals surface area (Å²) in [5, 5.41) is 9.80. The summed E-state index contributed by atoms with van der Waals surface area (Å²) in [5.74, 6) is 0. The van der Waals surface area contributed by atoms with Crippen LogP contribution in [0.25, 0.3) is 0 Å². The van der Waals surface area contributed by atoms with E-state index in [9.17, 15) is 5.11 Å². The number of thioether (sulfide) groups is 1. The molecule has 1 heterocycles. The van der Waals surface area contributed by atoms with E-state index in [-0.39, 0.29) is 5.44 Å². The molecule has 2 nitrogen and oxygen atoms in total. The van der Waals surface area contributed by atoms with Gasteiger partial charge in [-0.15, -0.1) is 11.8 Å². The summed E-state index contributed by atoms with van der Waals surface area (Å²) in [6.45, 7) is 1.42. The van der Waals surface area contributed by atoms with Crippen molar-refractivity contribution in [3.8, 4) is 0 Å². The first-order valence-corrected chi connectivity index (χ1v) is 6.24. The van der Waals surface area contributed by atoms with Crippen LogP contribution in [0.5, 0.6) is 0 Å². The first kappa shape index (κ1) is 11.0. The second kappa shape index (κ2) is 5.54. The number of aliphatic hydroxyl groups excluding tert-OH is 1. The predicted molar refractivity (Wildman–Crippen MR) is 62.7 cm³/mol. The highest BCUT2D eigenvalue weighted by Gasteiger charge is 2.23. The molecule has 1 unspecified atom stereocenters. The van der Waals surface area contributed by atoms with Crippen LogP contribution in [0.2, 0.25) is 0 Å². The Bertz CT molecular complexity index is 289. The third-order valence-electron chi connectivity index (χ3n) is 2.50. The smallest absolute Gasteiger partial charge is 0.0996 e. The molecular formula is C12H16O2S. The lowest BCUT2D eigenvalue weighted by molar-refractivity contribution is 0.121. The Balaban J connectivity index is 1.67. The molecule has 0 bridgehead atoms. The van der Waals surface area contributed by atoms with Gasteiger partial charge in [-0.25, -0.2) is 0 Å². The van der Waals surface area contributed by atoms with Gasteiger partial charge in [0.15, 0.2) is 0 Å². The summed E-state index contributed by atoms with van der Waals surface area (Å²) in [5.41, 5.74) is 1.04. The molecule has 1 fully saturated rings. The van der Waals surface area contributed by atoms with E-state index in [1.54, 1.807) is 11.8 Å². The fourth-order valence-corrected chi connectivity index (χ4v) is 2.86. The molecule has 82 valence electrons. The Morgan fingerprint density at radius 1 is 1.27 bits per heavy atom. The van der Waals surface area contributed by atoms with Gasteiger partial charge in [-0.1, -0.05) is 30.3 Å². The standard InChI is InChI=1S/C12H16O2S/c13-12-7-6-11(15-12)9-14-8-10-4-2-1-3-5-10/h1-5,11-13H,6-9H2/t11-,12?/m1/s1. The van der Waals surface area contributed by atoms with Crippen LogP contribution in [0.4, 0.5) is 0 Å². The van der Waals surface area contributed by atoms with Crippen molar-refractivity contribution in [3.05, 3.63) is 35.9 Å². The SMILES string of the molecule is OC1CC[C@H](COCc2ccccc2)S1. The molecule has 1 aliphatic heterocycles. The van der Waals surface area contributed by atoms with Crippen molar-refractivity contribution in [3.63, 3.8) is 0 Å². The van der Waals surface area contributed by atoms with Crippen molar-refractivity contribution in [1.82, 2.24) is 0 Å². The Labute approximate surface area is 94.6 Å². The van der Waals surface area contributed by atoms with Crippen molar-refractivity contribution in [2.75, 3.05) is 6.61 Å². The lowest BCUT2D eigenvalue weighted by Crippen LogP contribution is -2.08. The van der Waals surface area contributed by atoms with Crippen molar-refractivity contribution in [2.24, 2.45) is 0 Å². The second-order valence-corrected chi connectivity index (χ2v) is 5.27. The van der Waals surface area contributed by atoms with E-state index < -0.39 is 0 Å². The highest BCUT2D eigenvalue weighted by Crippen LogP contribution is 2.31. The van der Waals surface area contributed by atoms with E-state index >= 15 is 0 Å². The quantitative estimate of drug-likeness (QED) is 0.851. The van der Waals surface area contributed by atoms with E-state index in [0.29, 0.717) is 11.9 Å². The molecule has 0 spiro atoms. The van der Waals surface area contributed by atoms with Crippen LogP contribution in [0.1, 0.15) is 18.4 Å². The number of benzene rings is 1.